The van der Waals surface area contributed by atoms with Crippen molar-refractivity contribution >= 4 is 17.0 Å². The molecular formula is C25H28N4O5. The minimum Gasteiger partial charge on any atom is -0.408 e. The monoisotopic (exact) mass is 464 g/mol. The van der Waals surface area contributed by atoms with Gasteiger partial charge in [-0.1, -0.05) is 30.3 Å². The van der Waals surface area contributed by atoms with Gasteiger partial charge in [0.25, 0.3) is 5.91 Å². The minimum absolute atomic E-state index is 0.0624. The summed E-state index contributed by atoms with van der Waals surface area (Å²) in [6, 6.07) is 14.9. The molecule has 1 fully saturated rings. The van der Waals surface area contributed by atoms with Crippen LogP contribution >= 0.6 is 0 Å². The number of oxazole rings is 1. The number of nitriles is 1. The van der Waals surface area contributed by atoms with E-state index in [-0.39, 0.29) is 12.0 Å². The SMILES string of the molecule is COC1CCOC(C(=O)N[C@H](C#N)Cc2ccc(-c3ccc4oc(=O)n(C)c4c3)cc2)CNC1. The fourth-order valence-corrected chi connectivity index (χ4v) is 4.02. The van der Waals surface area contributed by atoms with E-state index >= 15 is 0 Å². The van der Waals surface area contributed by atoms with E-state index in [9.17, 15) is 14.9 Å². The number of aryl methyl sites for hydroxylation is 1. The molecule has 0 bridgehead atoms. The van der Waals surface area contributed by atoms with Crippen LogP contribution in [0.2, 0.25) is 0 Å². The highest BCUT2D eigenvalue weighted by Crippen LogP contribution is 2.24. The van der Waals surface area contributed by atoms with Gasteiger partial charge in [0.1, 0.15) is 12.1 Å². The van der Waals surface area contributed by atoms with Gasteiger partial charge in [-0.05, 0) is 35.2 Å². The quantitative estimate of drug-likeness (QED) is 0.570. The number of hydrogen-bond acceptors (Lipinski definition) is 7. The lowest BCUT2D eigenvalue weighted by Crippen LogP contribution is -2.49. The molecule has 2 unspecified atom stereocenters. The number of carbonyl (C=O) groups is 1. The smallest absolute Gasteiger partial charge is 0.408 e. The van der Waals surface area contributed by atoms with Crippen LogP contribution in [-0.2, 0) is 27.7 Å². The molecule has 0 spiro atoms. The van der Waals surface area contributed by atoms with Gasteiger partial charge in [0.15, 0.2) is 5.58 Å². The summed E-state index contributed by atoms with van der Waals surface area (Å²) in [5.41, 5.74) is 4.11. The maximum absolute atomic E-state index is 12.7. The Morgan fingerprint density at radius 2 is 2.03 bits per heavy atom. The number of nitrogens with zero attached hydrogens (tertiary/aromatic N) is 2. The van der Waals surface area contributed by atoms with Crippen molar-refractivity contribution < 1.29 is 18.7 Å². The van der Waals surface area contributed by atoms with Crippen LogP contribution in [0.25, 0.3) is 22.2 Å². The molecule has 4 rings (SSSR count). The minimum atomic E-state index is -0.670. The van der Waals surface area contributed by atoms with E-state index in [1.165, 1.54) is 4.57 Å². The molecule has 1 saturated heterocycles. The highest BCUT2D eigenvalue weighted by atomic mass is 16.5. The Morgan fingerprint density at radius 1 is 1.26 bits per heavy atom. The van der Waals surface area contributed by atoms with Crippen molar-refractivity contribution in [2.24, 2.45) is 7.05 Å². The first-order valence-corrected chi connectivity index (χ1v) is 11.2. The lowest BCUT2D eigenvalue weighted by molar-refractivity contribution is -0.134. The Hall–Kier alpha value is -3.45. The standard InChI is InChI=1S/C25H28N4O5/c1-29-21-12-18(7-8-22(21)34-25(29)31)17-5-3-16(4-6-17)11-19(13-26)28-24(30)23-15-27-14-20(32-2)9-10-33-23/h3-8,12,19-20,23,27H,9-11,14-15H2,1-2H3,(H,28,30)/t19-,20?,23?/m0/s1. The third-order valence-electron chi connectivity index (χ3n) is 6.08. The highest BCUT2D eigenvalue weighted by Gasteiger charge is 2.24. The van der Waals surface area contributed by atoms with E-state index in [0.717, 1.165) is 22.2 Å². The van der Waals surface area contributed by atoms with Crippen LogP contribution in [0, 0.1) is 11.3 Å². The number of hydrogen-bond donors (Lipinski definition) is 2. The van der Waals surface area contributed by atoms with Crippen molar-refractivity contribution in [3.05, 3.63) is 58.6 Å². The van der Waals surface area contributed by atoms with E-state index < -0.39 is 17.9 Å². The number of nitrogens with one attached hydrogen (secondary N) is 2. The van der Waals surface area contributed by atoms with Crippen molar-refractivity contribution in [2.75, 3.05) is 26.8 Å². The first-order chi connectivity index (χ1) is 16.5. The molecule has 178 valence electrons. The number of aromatic nitrogens is 1. The van der Waals surface area contributed by atoms with Crippen LogP contribution in [0.4, 0.5) is 0 Å². The Balaban J connectivity index is 1.38. The number of carbonyl (C=O) groups excluding carboxylic acids is 1. The third-order valence-corrected chi connectivity index (χ3v) is 6.08. The van der Waals surface area contributed by atoms with Gasteiger partial charge in [-0.2, -0.15) is 5.26 Å². The molecule has 0 radical (unpaired) electrons. The fraction of sp³-hybridized carbons (Fsp3) is 0.400. The summed E-state index contributed by atoms with van der Waals surface area (Å²) in [7, 11) is 3.33. The molecule has 2 N–H and O–H groups in total. The van der Waals surface area contributed by atoms with Gasteiger partial charge < -0.3 is 24.5 Å². The molecule has 2 aromatic carbocycles. The number of fused-ring (bicyclic) bond motifs is 1. The summed E-state index contributed by atoms with van der Waals surface area (Å²) in [6.07, 6.45) is 0.492. The van der Waals surface area contributed by atoms with Crippen LogP contribution in [0.5, 0.6) is 0 Å². The van der Waals surface area contributed by atoms with E-state index in [1.54, 1.807) is 20.2 Å². The van der Waals surface area contributed by atoms with Crippen LogP contribution < -0.4 is 16.4 Å². The maximum Gasteiger partial charge on any atom is 0.419 e. The number of ether oxygens (including phenoxy) is 2. The second-order valence-corrected chi connectivity index (χ2v) is 8.36. The molecule has 34 heavy (non-hydrogen) atoms. The van der Waals surface area contributed by atoms with Gasteiger partial charge in [-0.25, -0.2) is 4.79 Å². The van der Waals surface area contributed by atoms with Crippen LogP contribution in [-0.4, -0.2) is 55.5 Å². The second-order valence-electron chi connectivity index (χ2n) is 8.36. The molecule has 1 aromatic heterocycles. The van der Waals surface area contributed by atoms with Crippen molar-refractivity contribution in [2.45, 2.75) is 31.1 Å². The summed E-state index contributed by atoms with van der Waals surface area (Å²) in [5, 5.41) is 15.6. The molecule has 0 saturated carbocycles. The van der Waals surface area contributed by atoms with E-state index in [4.69, 9.17) is 13.9 Å². The van der Waals surface area contributed by atoms with E-state index in [1.807, 2.05) is 36.4 Å². The average Bonchev–Trinajstić information content (AvgIpc) is 3.12. The summed E-state index contributed by atoms with van der Waals surface area (Å²) < 4.78 is 17.7. The fourth-order valence-electron chi connectivity index (χ4n) is 4.02. The van der Waals surface area contributed by atoms with Crippen molar-refractivity contribution in [3.63, 3.8) is 0 Å². The lowest BCUT2D eigenvalue weighted by Gasteiger charge is -2.25. The van der Waals surface area contributed by atoms with Gasteiger partial charge >= 0.3 is 5.76 Å². The zero-order valence-electron chi connectivity index (χ0n) is 19.2. The number of benzene rings is 2. The summed E-state index contributed by atoms with van der Waals surface area (Å²) >= 11 is 0. The maximum atomic E-state index is 12.7. The zero-order valence-corrected chi connectivity index (χ0v) is 19.2. The Kier molecular flexibility index (Phi) is 7.43. The molecule has 9 heteroatoms. The van der Waals surface area contributed by atoms with Gasteiger partial charge in [0.05, 0.1) is 24.3 Å². The molecular weight excluding hydrogens is 436 g/mol. The van der Waals surface area contributed by atoms with Crippen molar-refractivity contribution in [1.82, 2.24) is 15.2 Å². The average molecular weight is 465 g/mol. The predicted octanol–water partition coefficient (Wildman–Crippen LogP) is 1.74. The first kappa shape index (κ1) is 23.7. The Morgan fingerprint density at radius 3 is 2.76 bits per heavy atom. The Bertz CT molecular complexity index is 1230. The van der Waals surface area contributed by atoms with Crippen molar-refractivity contribution in [3.8, 4) is 17.2 Å². The molecule has 2 heterocycles. The predicted molar refractivity (Wildman–Crippen MR) is 126 cm³/mol. The summed E-state index contributed by atoms with van der Waals surface area (Å²) in [5.74, 6) is -0.697. The third kappa shape index (κ3) is 5.37. The normalized spacial score (nSPS) is 19.7. The molecule has 1 amide bonds. The van der Waals surface area contributed by atoms with Crippen molar-refractivity contribution in [1.29, 1.82) is 5.26 Å². The number of methoxy groups -OCH3 is 1. The topological polar surface area (TPSA) is 119 Å². The molecule has 0 aliphatic carbocycles. The highest BCUT2D eigenvalue weighted by molar-refractivity contribution is 5.82. The van der Waals surface area contributed by atoms with Crippen LogP contribution in [0.1, 0.15) is 12.0 Å². The first-order valence-electron chi connectivity index (χ1n) is 11.2. The molecule has 9 nitrogen and oxygen atoms in total. The zero-order chi connectivity index (χ0) is 24.1. The van der Waals surface area contributed by atoms with Gasteiger partial charge in [-0.15, -0.1) is 0 Å². The van der Waals surface area contributed by atoms with Gasteiger partial charge in [-0.3, -0.25) is 9.36 Å². The van der Waals surface area contributed by atoms with E-state index in [2.05, 4.69) is 16.7 Å². The molecule has 1 aliphatic heterocycles. The van der Waals surface area contributed by atoms with Gasteiger partial charge in [0, 0.05) is 33.7 Å². The number of amides is 1. The molecule has 3 aromatic rings. The summed E-state index contributed by atoms with van der Waals surface area (Å²) in [4.78, 5) is 24.4. The van der Waals surface area contributed by atoms with Gasteiger partial charge in [0.2, 0.25) is 0 Å². The summed E-state index contributed by atoms with van der Waals surface area (Å²) in [6.45, 7) is 1.45. The lowest BCUT2D eigenvalue weighted by atomic mass is 10.0. The Labute approximate surface area is 197 Å². The molecule has 3 atom stereocenters. The van der Waals surface area contributed by atoms with Crippen LogP contribution in [0.15, 0.2) is 51.7 Å². The molecule has 1 aliphatic rings. The largest absolute Gasteiger partial charge is 0.419 e. The second kappa shape index (κ2) is 10.7. The van der Waals surface area contributed by atoms with E-state index in [0.29, 0.717) is 38.1 Å². The van der Waals surface area contributed by atoms with Crippen LogP contribution in [0.3, 0.4) is 0 Å². The number of rotatable bonds is 6.